The summed E-state index contributed by atoms with van der Waals surface area (Å²) in [4.78, 5) is 43.0. The fourth-order valence-electron chi connectivity index (χ4n) is 2.94. The van der Waals surface area contributed by atoms with Crippen molar-refractivity contribution in [2.24, 2.45) is 5.92 Å². The number of anilines is 1. The van der Waals surface area contributed by atoms with Crippen molar-refractivity contribution in [3.63, 3.8) is 0 Å². The van der Waals surface area contributed by atoms with Crippen LogP contribution in [-0.2, 0) is 9.59 Å². The summed E-state index contributed by atoms with van der Waals surface area (Å²) in [5, 5.41) is 5.85. The molecule has 8 nitrogen and oxygen atoms in total. The number of nitrogens with one attached hydrogen (secondary N) is 2. The summed E-state index contributed by atoms with van der Waals surface area (Å²) in [6.07, 6.45) is 3.51. The number of aryl methyl sites for hydroxylation is 1. The minimum atomic E-state index is -0.570. The second-order valence-corrected chi connectivity index (χ2v) is 9.74. The van der Waals surface area contributed by atoms with E-state index in [1.165, 1.54) is 11.8 Å². The Morgan fingerprint density at radius 3 is 2.29 bits per heavy atom. The Labute approximate surface area is 219 Å². The van der Waals surface area contributed by atoms with Gasteiger partial charge >= 0.3 is 6.03 Å². The van der Waals surface area contributed by atoms with Gasteiger partial charge in [0.05, 0.1) is 21.3 Å². The van der Waals surface area contributed by atoms with Crippen molar-refractivity contribution in [2.45, 2.75) is 27.7 Å². The van der Waals surface area contributed by atoms with Gasteiger partial charge in [-0.05, 0) is 38.6 Å². The number of rotatable bonds is 11. The number of carbonyl (C=O) groups excluding carboxylic acids is 3. The smallest absolute Gasteiger partial charge is 0.324 e. The lowest BCUT2D eigenvalue weighted by Gasteiger charge is -2.26. The number of nitrogens with zero attached hydrogens (tertiary/aromatic N) is 3. The first-order chi connectivity index (χ1) is 16.3. The van der Waals surface area contributed by atoms with Crippen LogP contribution in [0.1, 0.15) is 26.3 Å². The first kappa shape index (κ1) is 30.5. The highest BCUT2D eigenvalue weighted by Crippen LogP contribution is 2.25. The molecule has 1 rings (SSSR count). The maximum atomic E-state index is 13.2. The molecule has 0 saturated heterocycles. The average Bonchev–Trinajstić information content (AvgIpc) is 2.75. The Morgan fingerprint density at radius 2 is 1.71 bits per heavy atom. The lowest BCUT2D eigenvalue weighted by atomic mass is 10.1. The topological polar surface area (TPSA) is 85.0 Å². The lowest BCUT2D eigenvalue weighted by Crippen LogP contribution is -2.42. The second kappa shape index (κ2) is 14.8. The number of likely N-dealkylation sites (N-methyl/N-ethyl adjacent to an activating group) is 2. The molecule has 0 radical (unpaired) electrons. The highest BCUT2D eigenvalue weighted by Gasteiger charge is 2.19. The molecule has 0 atom stereocenters. The van der Waals surface area contributed by atoms with E-state index in [2.05, 4.69) is 23.3 Å². The van der Waals surface area contributed by atoms with Crippen molar-refractivity contribution < 1.29 is 14.4 Å². The molecule has 0 aliphatic carbocycles. The van der Waals surface area contributed by atoms with Crippen LogP contribution in [0.3, 0.4) is 0 Å². The third-order valence-corrected chi connectivity index (χ3v) is 5.97. The first-order valence-electron chi connectivity index (χ1n) is 11.4. The van der Waals surface area contributed by atoms with Gasteiger partial charge in [0, 0.05) is 40.2 Å². The zero-order chi connectivity index (χ0) is 26.7. The molecular weight excluding hydrogens is 486 g/mol. The van der Waals surface area contributed by atoms with E-state index in [-0.39, 0.29) is 28.3 Å². The summed E-state index contributed by atoms with van der Waals surface area (Å²) < 4.78 is 0. The van der Waals surface area contributed by atoms with Crippen molar-refractivity contribution in [3.8, 4) is 0 Å². The number of hydrogen-bond acceptors (Lipinski definition) is 5. The first-order valence-corrected chi connectivity index (χ1v) is 12.3. The van der Waals surface area contributed by atoms with Gasteiger partial charge in [0.25, 0.3) is 5.91 Å². The highest BCUT2D eigenvalue weighted by atomic mass is 35.5. The maximum absolute atomic E-state index is 13.2. The number of carbonyl (C=O) groups is 3. The predicted octanol–water partition coefficient (Wildman–Crippen LogP) is 3.99. The molecule has 0 bridgehead atoms. The highest BCUT2D eigenvalue weighted by molar-refractivity contribution is 7.84. The van der Waals surface area contributed by atoms with Gasteiger partial charge in [0.1, 0.15) is 0 Å². The number of urea groups is 1. The van der Waals surface area contributed by atoms with E-state index < -0.39 is 6.03 Å². The SMILES string of the molecule is CC(=O)N(CCN(C)C)CCN(C)C(=O)C(/C=C/C(C)C)=C(/S)NC(=O)Nc1cccc(C)c1Cl. The molecule has 0 spiro atoms. The van der Waals surface area contributed by atoms with Crippen LogP contribution in [0.5, 0.6) is 0 Å². The predicted molar refractivity (Wildman–Crippen MR) is 147 cm³/mol. The molecule has 0 unspecified atom stereocenters. The van der Waals surface area contributed by atoms with Crippen LogP contribution >= 0.6 is 24.2 Å². The van der Waals surface area contributed by atoms with Gasteiger partial charge in [0.15, 0.2) is 0 Å². The number of halogens is 1. The average molecular weight is 524 g/mol. The van der Waals surface area contributed by atoms with Crippen molar-refractivity contribution in [1.29, 1.82) is 0 Å². The Kier molecular flexibility index (Phi) is 12.9. The number of amides is 4. The van der Waals surface area contributed by atoms with Crippen molar-refractivity contribution in [2.75, 3.05) is 52.6 Å². The monoisotopic (exact) mass is 523 g/mol. The molecular formula is C25H38ClN5O3S. The Bertz CT molecular complexity index is 962. The molecule has 0 aliphatic heterocycles. The Balaban J connectivity index is 3.01. The van der Waals surface area contributed by atoms with Gasteiger partial charge in [-0.2, -0.15) is 0 Å². The van der Waals surface area contributed by atoms with Gasteiger partial charge in [-0.25, -0.2) is 4.79 Å². The fraction of sp³-hybridized carbons (Fsp3) is 0.480. The van der Waals surface area contributed by atoms with Gasteiger partial charge < -0.3 is 25.3 Å². The van der Waals surface area contributed by atoms with Crippen molar-refractivity contribution in [3.05, 3.63) is 51.5 Å². The third-order valence-electron chi connectivity index (χ3n) is 5.12. The van der Waals surface area contributed by atoms with E-state index in [1.807, 2.05) is 51.9 Å². The van der Waals surface area contributed by atoms with Crippen molar-refractivity contribution >= 4 is 47.8 Å². The molecule has 1 aromatic rings. The molecule has 2 N–H and O–H groups in total. The van der Waals surface area contributed by atoms with Crippen molar-refractivity contribution in [1.82, 2.24) is 20.0 Å². The van der Waals surface area contributed by atoms with Crippen LogP contribution in [0.2, 0.25) is 5.02 Å². The standard InChI is InChI=1S/C25H38ClN5O3S/c1-17(2)11-12-20(23(35)28-25(34)27-21-10-8-9-18(3)22(21)26)24(33)30(7)14-16-31(19(4)32)15-13-29(5)6/h8-12,17,35H,13-16H2,1-7H3,(H2,27,28,34)/b12-11+,23-20+. The normalized spacial score (nSPS) is 12.1. The molecule has 0 aromatic heterocycles. The van der Waals surface area contributed by atoms with E-state index in [0.717, 1.165) is 12.1 Å². The lowest BCUT2D eigenvalue weighted by molar-refractivity contribution is -0.131. The quantitative estimate of drug-likeness (QED) is 0.232. The minimum Gasteiger partial charge on any atom is -0.340 e. The molecule has 4 amide bonds. The summed E-state index contributed by atoms with van der Waals surface area (Å²) >= 11 is 10.7. The van der Waals surface area contributed by atoms with Gasteiger partial charge in [-0.3, -0.25) is 9.59 Å². The Hall–Kier alpha value is -2.49. The largest absolute Gasteiger partial charge is 0.340 e. The molecule has 0 aliphatic rings. The molecule has 0 heterocycles. The van der Waals surface area contributed by atoms with Crippen LogP contribution in [-0.4, -0.2) is 79.9 Å². The van der Waals surface area contributed by atoms with Crippen LogP contribution in [0, 0.1) is 12.8 Å². The van der Waals surface area contributed by atoms with Crippen LogP contribution in [0.25, 0.3) is 0 Å². The van der Waals surface area contributed by atoms with Crippen LogP contribution in [0.15, 0.2) is 41.0 Å². The molecule has 35 heavy (non-hydrogen) atoms. The van der Waals surface area contributed by atoms with E-state index in [9.17, 15) is 14.4 Å². The second-order valence-electron chi connectivity index (χ2n) is 8.92. The van der Waals surface area contributed by atoms with E-state index >= 15 is 0 Å². The molecule has 0 saturated carbocycles. The zero-order valence-electron chi connectivity index (χ0n) is 21.7. The molecule has 10 heteroatoms. The molecule has 194 valence electrons. The van der Waals surface area contributed by atoms with Gasteiger partial charge in [0.2, 0.25) is 5.91 Å². The van der Waals surface area contributed by atoms with E-state index in [1.54, 1.807) is 30.2 Å². The molecule has 1 aromatic carbocycles. The molecule has 0 fully saturated rings. The summed E-state index contributed by atoms with van der Waals surface area (Å²) in [5.74, 6) is -0.188. The number of benzene rings is 1. The van der Waals surface area contributed by atoms with Gasteiger partial charge in [-0.1, -0.05) is 49.7 Å². The van der Waals surface area contributed by atoms with Gasteiger partial charge in [-0.15, -0.1) is 12.6 Å². The summed E-state index contributed by atoms with van der Waals surface area (Å²) in [5.41, 5.74) is 1.52. The fourth-order valence-corrected chi connectivity index (χ4v) is 3.38. The van der Waals surface area contributed by atoms with E-state index in [0.29, 0.717) is 30.3 Å². The summed E-state index contributed by atoms with van der Waals surface area (Å²) in [7, 11) is 5.54. The number of thiol groups is 1. The number of allylic oxidation sites excluding steroid dienone is 1. The number of hydrogen-bond donors (Lipinski definition) is 3. The summed E-state index contributed by atoms with van der Waals surface area (Å²) in [6, 6.07) is 4.74. The van der Waals surface area contributed by atoms with Crippen LogP contribution in [0.4, 0.5) is 10.5 Å². The maximum Gasteiger partial charge on any atom is 0.324 e. The van der Waals surface area contributed by atoms with E-state index in [4.69, 9.17) is 11.6 Å². The zero-order valence-corrected chi connectivity index (χ0v) is 23.3. The minimum absolute atomic E-state index is 0.0498. The van der Waals surface area contributed by atoms with Crippen LogP contribution < -0.4 is 10.6 Å². The summed E-state index contributed by atoms with van der Waals surface area (Å²) in [6.45, 7) is 9.35. The third kappa shape index (κ3) is 10.8. The Morgan fingerprint density at radius 1 is 1.09 bits per heavy atom.